The highest BCUT2D eigenvalue weighted by atomic mass is 35.5. The van der Waals surface area contributed by atoms with Crippen molar-refractivity contribution >= 4 is 23.5 Å². The maximum atomic E-state index is 13.5. The third-order valence-corrected chi connectivity index (χ3v) is 3.15. The number of carbonyl (C=O) groups excluding carboxylic acids is 1. The maximum absolute atomic E-state index is 13.5. The molecule has 1 aromatic carbocycles. The van der Waals surface area contributed by atoms with E-state index >= 15 is 0 Å². The molecule has 1 amide bonds. The summed E-state index contributed by atoms with van der Waals surface area (Å²) in [5.41, 5.74) is -0.386. The molecule has 0 heterocycles. The van der Waals surface area contributed by atoms with E-state index in [-0.39, 0.29) is 17.0 Å². The number of amides is 1. The van der Waals surface area contributed by atoms with Gasteiger partial charge in [0.25, 0.3) is 5.91 Å². The molecule has 0 saturated heterocycles. The van der Waals surface area contributed by atoms with Crippen molar-refractivity contribution in [1.29, 1.82) is 0 Å². The minimum Gasteiger partial charge on any atom is -0.481 e. The highest BCUT2D eigenvalue weighted by Crippen LogP contribution is 2.19. The standard InChI is InChI=1S/C14H16ClF2NO3/c15-10-8-11(16)9(7-12(10)17)14(21)18-6-4-2-1-3-5-13(19)20/h7-8H,1-6H2,(H,18,21)(H,19,20). The van der Waals surface area contributed by atoms with Crippen LogP contribution in [0.1, 0.15) is 42.5 Å². The minimum absolute atomic E-state index is 0.127. The van der Waals surface area contributed by atoms with Crippen molar-refractivity contribution in [2.45, 2.75) is 32.1 Å². The monoisotopic (exact) mass is 319 g/mol. The lowest BCUT2D eigenvalue weighted by molar-refractivity contribution is -0.137. The molecule has 0 aliphatic heterocycles. The molecule has 1 rings (SSSR count). The van der Waals surface area contributed by atoms with Crippen molar-refractivity contribution in [3.63, 3.8) is 0 Å². The van der Waals surface area contributed by atoms with Gasteiger partial charge in [-0.3, -0.25) is 9.59 Å². The molecule has 7 heteroatoms. The third-order valence-electron chi connectivity index (χ3n) is 2.86. The molecule has 0 aliphatic rings. The first-order valence-corrected chi connectivity index (χ1v) is 6.94. The third kappa shape index (κ3) is 6.08. The Labute approximate surface area is 126 Å². The molecule has 1 aromatic rings. The summed E-state index contributed by atoms with van der Waals surface area (Å²) in [6, 6.07) is 1.53. The summed E-state index contributed by atoms with van der Waals surface area (Å²) in [5.74, 6) is -3.26. The van der Waals surface area contributed by atoms with Crippen molar-refractivity contribution < 1.29 is 23.5 Å². The Kier molecular flexibility index (Phi) is 7.08. The lowest BCUT2D eigenvalue weighted by Gasteiger charge is -2.07. The van der Waals surface area contributed by atoms with Gasteiger partial charge in [-0.2, -0.15) is 0 Å². The van der Waals surface area contributed by atoms with E-state index in [1.165, 1.54) is 0 Å². The average Bonchev–Trinajstić information content (AvgIpc) is 2.41. The second-order valence-electron chi connectivity index (χ2n) is 4.56. The first-order chi connectivity index (χ1) is 9.91. The Balaban J connectivity index is 2.31. The van der Waals surface area contributed by atoms with Crippen LogP contribution in [-0.4, -0.2) is 23.5 Å². The number of rotatable bonds is 8. The molecule has 0 aliphatic carbocycles. The zero-order valence-electron chi connectivity index (χ0n) is 11.3. The number of carboxylic acid groups (broad SMARTS) is 1. The van der Waals surface area contributed by atoms with E-state index < -0.39 is 23.5 Å². The van der Waals surface area contributed by atoms with Crippen LogP contribution < -0.4 is 5.32 Å². The number of carbonyl (C=O) groups is 2. The SMILES string of the molecule is O=C(O)CCCCCCNC(=O)c1cc(F)c(Cl)cc1F. The Morgan fingerprint density at radius 3 is 2.43 bits per heavy atom. The normalized spacial score (nSPS) is 10.4. The second kappa shape index (κ2) is 8.56. The Hall–Kier alpha value is -1.69. The highest BCUT2D eigenvalue weighted by molar-refractivity contribution is 6.30. The first-order valence-electron chi connectivity index (χ1n) is 6.56. The largest absolute Gasteiger partial charge is 0.481 e. The van der Waals surface area contributed by atoms with Crippen molar-refractivity contribution in [2.75, 3.05) is 6.54 Å². The van der Waals surface area contributed by atoms with Crippen LogP contribution in [0.3, 0.4) is 0 Å². The fraction of sp³-hybridized carbons (Fsp3) is 0.429. The Bertz CT molecular complexity index is 523. The van der Waals surface area contributed by atoms with Crippen LogP contribution in [0.4, 0.5) is 8.78 Å². The van der Waals surface area contributed by atoms with Gasteiger partial charge in [0, 0.05) is 13.0 Å². The number of aliphatic carboxylic acids is 1. The van der Waals surface area contributed by atoms with Gasteiger partial charge in [-0.1, -0.05) is 24.4 Å². The van der Waals surface area contributed by atoms with Crippen molar-refractivity contribution in [3.8, 4) is 0 Å². The van der Waals surface area contributed by atoms with E-state index in [1.54, 1.807) is 0 Å². The van der Waals surface area contributed by atoms with Crippen LogP contribution in [0.15, 0.2) is 12.1 Å². The number of nitrogens with one attached hydrogen (secondary N) is 1. The van der Waals surface area contributed by atoms with Crippen LogP contribution in [-0.2, 0) is 4.79 Å². The lowest BCUT2D eigenvalue weighted by Crippen LogP contribution is -2.25. The van der Waals surface area contributed by atoms with Crippen LogP contribution in [0.2, 0.25) is 5.02 Å². The first kappa shape index (κ1) is 17.4. The number of carboxylic acids is 1. The van der Waals surface area contributed by atoms with Gasteiger partial charge in [0.05, 0.1) is 10.6 Å². The van der Waals surface area contributed by atoms with Gasteiger partial charge in [0.2, 0.25) is 0 Å². The van der Waals surface area contributed by atoms with Gasteiger partial charge in [-0.15, -0.1) is 0 Å². The number of hydrogen-bond acceptors (Lipinski definition) is 2. The van der Waals surface area contributed by atoms with E-state index in [0.29, 0.717) is 19.4 Å². The number of benzene rings is 1. The molecular formula is C14H16ClF2NO3. The van der Waals surface area contributed by atoms with Gasteiger partial charge in [-0.05, 0) is 25.0 Å². The molecule has 0 fully saturated rings. The maximum Gasteiger partial charge on any atom is 0.303 e. The van der Waals surface area contributed by atoms with Crippen LogP contribution >= 0.6 is 11.6 Å². The summed E-state index contributed by atoms with van der Waals surface area (Å²) >= 11 is 5.40. The molecule has 0 spiro atoms. The van der Waals surface area contributed by atoms with Gasteiger partial charge in [0.1, 0.15) is 11.6 Å². The highest BCUT2D eigenvalue weighted by Gasteiger charge is 2.14. The summed E-state index contributed by atoms with van der Waals surface area (Å²) in [6.07, 6.45) is 2.85. The van der Waals surface area contributed by atoms with E-state index in [0.717, 1.165) is 25.0 Å². The summed E-state index contributed by atoms with van der Waals surface area (Å²) < 4.78 is 26.7. The molecule has 21 heavy (non-hydrogen) atoms. The molecular weight excluding hydrogens is 304 g/mol. The topological polar surface area (TPSA) is 66.4 Å². The lowest BCUT2D eigenvalue weighted by atomic mass is 10.1. The van der Waals surface area contributed by atoms with Gasteiger partial charge in [0.15, 0.2) is 0 Å². The summed E-state index contributed by atoms with van der Waals surface area (Å²) in [7, 11) is 0. The minimum atomic E-state index is -0.875. The van der Waals surface area contributed by atoms with E-state index in [2.05, 4.69) is 5.32 Å². The molecule has 4 nitrogen and oxygen atoms in total. The van der Waals surface area contributed by atoms with Crippen LogP contribution in [0.5, 0.6) is 0 Å². The summed E-state index contributed by atoms with van der Waals surface area (Å²) in [4.78, 5) is 22.0. The molecule has 0 radical (unpaired) electrons. The zero-order chi connectivity index (χ0) is 15.8. The Morgan fingerprint density at radius 1 is 1.10 bits per heavy atom. The number of halogens is 3. The second-order valence-corrected chi connectivity index (χ2v) is 4.97. The molecule has 0 atom stereocenters. The number of unbranched alkanes of at least 4 members (excludes halogenated alkanes) is 3. The summed E-state index contributed by atoms with van der Waals surface area (Å²) in [5, 5.41) is 10.6. The fourth-order valence-electron chi connectivity index (χ4n) is 1.75. The number of hydrogen-bond donors (Lipinski definition) is 2. The van der Waals surface area contributed by atoms with Gasteiger partial charge < -0.3 is 10.4 Å². The average molecular weight is 320 g/mol. The van der Waals surface area contributed by atoms with E-state index in [9.17, 15) is 18.4 Å². The van der Waals surface area contributed by atoms with E-state index in [1.807, 2.05) is 0 Å². The Morgan fingerprint density at radius 2 is 1.76 bits per heavy atom. The smallest absolute Gasteiger partial charge is 0.303 e. The van der Waals surface area contributed by atoms with Crippen LogP contribution in [0, 0.1) is 11.6 Å². The van der Waals surface area contributed by atoms with Gasteiger partial charge in [-0.25, -0.2) is 8.78 Å². The van der Waals surface area contributed by atoms with Crippen molar-refractivity contribution in [2.24, 2.45) is 0 Å². The molecule has 2 N–H and O–H groups in total. The fourth-order valence-corrected chi connectivity index (χ4v) is 1.90. The van der Waals surface area contributed by atoms with Gasteiger partial charge >= 0.3 is 5.97 Å². The van der Waals surface area contributed by atoms with Crippen LogP contribution in [0.25, 0.3) is 0 Å². The van der Waals surface area contributed by atoms with Crippen molar-refractivity contribution in [1.82, 2.24) is 5.32 Å². The summed E-state index contributed by atoms with van der Waals surface area (Å²) in [6.45, 7) is 0.315. The molecule has 0 unspecified atom stereocenters. The molecule has 0 saturated carbocycles. The van der Waals surface area contributed by atoms with Crippen molar-refractivity contribution in [3.05, 3.63) is 34.4 Å². The predicted octanol–water partition coefficient (Wildman–Crippen LogP) is 3.38. The van der Waals surface area contributed by atoms with E-state index in [4.69, 9.17) is 16.7 Å². The zero-order valence-corrected chi connectivity index (χ0v) is 12.1. The molecule has 0 bridgehead atoms. The molecule has 0 aromatic heterocycles. The predicted molar refractivity (Wildman–Crippen MR) is 74.4 cm³/mol. The quantitative estimate of drug-likeness (QED) is 0.570. The molecule has 116 valence electrons.